The third-order valence-electron chi connectivity index (χ3n) is 2.32. The number of aromatic amines is 1. The number of nitrogens with one attached hydrogen (secondary N) is 2. The van der Waals surface area contributed by atoms with Crippen LogP contribution in [0.4, 0.5) is 0 Å². The zero-order chi connectivity index (χ0) is 13.0. The minimum atomic E-state index is -0.331. The smallest absolute Gasteiger partial charge is 0.291 e. The Balaban J connectivity index is 1.90. The fourth-order valence-corrected chi connectivity index (χ4v) is 1.49. The second-order valence-corrected chi connectivity index (χ2v) is 3.97. The molecule has 0 radical (unpaired) electrons. The molecular weight excluding hydrogens is 234 g/mol. The van der Waals surface area contributed by atoms with Crippen LogP contribution >= 0.6 is 0 Å². The molecule has 2 rings (SSSR count). The maximum atomic E-state index is 11.7. The van der Waals surface area contributed by atoms with Gasteiger partial charge in [0, 0.05) is 12.5 Å². The topological polar surface area (TPSA) is 96.7 Å². The summed E-state index contributed by atoms with van der Waals surface area (Å²) in [4.78, 5) is 15.8. The number of aryl methyl sites for hydroxylation is 2. The fourth-order valence-electron chi connectivity index (χ4n) is 1.49. The molecule has 0 bridgehead atoms. The van der Waals surface area contributed by atoms with Crippen molar-refractivity contribution in [2.45, 2.75) is 33.2 Å². The highest BCUT2D eigenvalue weighted by Crippen LogP contribution is 2.02. The third kappa shape index (κ3) is 2.93. The van der Waals surface area contributed by atoms with Crippen LogP contribution in [0.25, 0.3) is 0 Å². The Labute approximate surface area is 104 Å². The number of hydrogen-bond acceptors (Lipinski definition) is 5. The number of hydrogen-bond donors (Lipinski definition) is 2. The molecule has 0 unspecified atom stereocenters. The Hall–Kier alpha value is -2.18. The van der Waals surface area contributed by atoms with Crippen molar-refractivity contribution in [3.8, 4) is 0 Å². The Bertz CT molecular complexity index is 531. The molecule has 7 nitrogen and oxygen atoms in total. The van der Waals surface area contributed by atoms with Gasteiger partial charge in [0.25, 0.3) is 5.91 Å². The van der Waals surface area contributed by atoms with Gasteiger partial charge in [0.15, 0.2) is 5.76 Å². The molecule has 7 heteroatoms. The third-order valence-corrected chi connectivity index (χ3v) is 2.32. The Morgan fingerprint density at radius 3 is 3.06 bits per heavy atom. The standard InChI is InChI=1S/C11H15N5O2/c1-3-4-9-13-10(15-14-9)11(17)12-6-8-5-7(2)16-18-8/h5H,3-4,6H2,1-2H3,(H,12,17)(H,13,14,15). The van der Waals surface area contributed by atoms with Crippen molar-refractivity contribution in [2.75, 3.05) is 0 Å². The summed E-state index contributed by atoms with van der Waals surface area (Å²) in [6.45, 7) is 4.13. The van der Waals surface area contributed by atoms with Crippen molar-refractivity contribution in [1.29, 1.82) is 0 Å². The lowest BCUT2D eigenvalue weighted by molar-refractivity contribution is 0.0937. The van der Waals surface area contributed by atoms with Crippen LogP contribution in [-0.2, 0) is 13.0 Å². The van der Waals surface area contributed by atoms with Crippen LogP contribution in [0.3, 0.4) is 0 Å². The summed E-state index contributed by atoms with van der Waals surface area (Å²) in [6, 6.07) is 1.76. The second-order valence-electron chi connectivity index (χ2n) is 3.97. The van der Waals surface area contributed by atoms with E-state index >= 15 is 0 Å². The molecule has 0 fully saturated rings. The molecule has 18 heavy (non-hydrogen) atoms. The number of nitrogens with zero attached hydrogens (tertiary/aromatic N) is 3. The SMILES string of the molecule is CCCc1nc(C(=O)NCc2cc(C)no2)n[nH]1. The van der Waals surface area contributed by atoms with Crippen molar-refractivity contribution >= 4 is 5.91 Å². The number of amides is 1. The van der Waals surface area contributed by atoms with Crippen LogP contribution in [0.2, 0.25) is 0 Å². The largest absolute Gasteiger partial charge is 0.359 e. The van der Waals surface area contributed by atoms with E-state index in [1.807, 2.05) is 13.8 Å². The van der Waals surface area contributed by atoms with Crippen molar-refractivity contribution < 1.29 is 9.32 Å². The summed E-state index contributed by atoms with van der Waals surface area (Å²) in [5.74, 6) is 1.14. The van der Waals surface area contributed by atoms with Crippen molar-refractivity contribution in [3.63, 3.8) is 0 Å². The summed E-state index contributed by atoms with van der Waals surface area (Å²) >= 11 is 0. The minimum absolute atomic E-state index is 0.148. The van der Waals surface area contributed by atoms with E-state index in [0.29, 0.717) is 5.76 Å². The van der Waals surface area contributed by atoms with Crippen LogP contribution in [0.5, 0.6) is 0 Å². The second kappa shape index (κ2) is 5.44. The molecule has 0 aliphatic carbocycles. The van der Waals surface area contributed by atoms with Gasteiger partial charge in [-0.25, -0.2) is 4.98 Å². The highest BCUT2D eigenvalue weighted by Gasteiger charge is 2.12. The molecule has 2 heterocycles. The lowest BCUT2D eigenvalue weighted by Gasteiger charge is -1.97. The predicted molar refractivity (Wildman–Crippen MR) is 62.8 cm³/mol. The van der Waals surface area contributed by atoms with E-state index in [0.717, 1.165) is 24.4 Å². The lowest BCUT2D eigenvalue weighted by Crippen LogP contribution is -2.23. The van der Waals surface area contributed by atoms with E-state index in [1.165, 1.54) is 0 Å². The normalized spacial score (nSPS) is 10.6. The number of H-pyrrole nitrogens is 1. The highest BCUT2D eigenvalue weighted by atomic mass is 16.5. The first kappa shape index (κ1) is 12.3. The Kier molecular flexibility index (Phi) is 3.71. The molecule has 0 aliphatic heterocycles. The summed E-state index contributed by atoms with van der Waals surface area (Å²) in [5.41, 5.74) is 0.780. The number of rotatable bonds is 5. The molecule has 2 N–H and O–H groups in total. The van der Waals surface area contributed by atoms with E-state index in [2.05, 4.69) is 25.7 Å². The number of carbonyl (C=O) groups is 1. The maximum absolute atomic E-state index is 11.7. The van der Waals surface area contributed by atoms with Crippen LogP contribution in [0, 0.1) is 6.92 Å². The van der Waals surface area contributed by atoms with E-state index < -0.39 is 0 Å². The van der Waals surface area contributed by atoms with Gasteiger partial charge in [-0.2, -0.15) is 0 Å². The summed E-state index contributed by atoms with van der Waals surface area (Å²) in [5, 5.41) is 13.0. The van der Waals surface area contributed by atoms with Gasteiger partial charge < -0.3 is 9.84 Å². The maximum Gasteiger partial charge on any atom is 0.291 e. The molecule has 2 aromatic heterocycles. The first-order valence-corrected chi connectivity index (χ1v) is 5.80. The molecule has 96 valence electrons. The molecule has 0 atom stereocenters. The molecule has 0 aliphatic rings. The Morgan fingerprint density at radius 2 is 2.39 bits per heavy atom. The van der Waals surface area contributed by atoms with Crippen molar-refractivity contribution in [2.24, 2.45) is 0 Å². The van der Waals surface area contributed by atoms with Crippen molar-refractivity contribution in [1.82, 2.24) is 25.7 Å². The quantitative estimate of drug-likeness (QED) is 0.823. The van der Waals surface area contributed by atoms with Gasteiger partial charge in [0.05, 0.1) is 12.2 Å². The molecular formula is C11H15N5O2. The van der Waals surface area contributed by atoms with Crippen LogP contribution in [-0.4, -0.2) is 26.2 Å². The van der Waals surface area contributed by atoms with E-state index in [1.54, 1.807) is 6.07 Å². The molecule has 0 saturated carbocycles. The van der Waals surface area contributed by atoms with E-state index in [-0.39, 0.29) is 18.3 Å². The predicted octanol–water partition coefficient (Wildman–Crippen LogP) is 0.984. The summed E-state index contributed by atoms with van der Waals surface area (Å²) in [6.07, 6.45) is 1.73. The molecule has 0 spiro atoms. The van der Waals surface area contributed by atoms with Gasteiger partial charge >= 0.3 is 0 Å². The van der Waals surface area contributed by atoms with Gasteiger partial charge in [-0.1, -0.05) is 12.1 Å². The van der Waals surface area contributed by atoms with Gasteiger partial charge in [-0.3, -0.25) is 9.89 Å². The van der Waals surface area contributed by atoms with Gasteiger partial charge in [0.1, 0.15) is 5.82 Å². The minimum Gasteiger partial charge on any atom is -0.359 e. The lowest BCUT2D eigenvalue weighted by atomic mass is 10.3. The number of aromatic nitrogens is 4. The molecule has 2 aromatic rings. The zero-order valence-corrected chi connectivity index (χ0v) is 10.4. The average molecular weight is 249 g/mol. The summed E-state index contributed by atoms with van der Waals surface area (Å²) in [7, 11) is 0. The van der Waals surface area contributed by atoms with Gasteiger partial charge in [-0.05, 0) is 13.3 Å². The molecule has 1 amide bonds. The van der Waals surface area contributed by atoms with Crippen LogP contribution in [0.15, 0.2) is 10.6 Å². The van der Waals surface area contributed by atoms with Gasteiger partial charge in [0.2, 0.25) is 5.82 Å². The Morgan fingerprint density at radius 1 is 1.56 bits per heavy atom. The highest BCUT2D eigenvalue weighted by molar-refractivity contribution is 5.90. The van der Waals surface area contributed by atoms with Crippen LogP contribution < -0.4 is 5.32 Å². The fraction of sp³-hybridized carbons (Fsp3) is 0.455. The van der Waals surface area contributed by atoms with E-state index in [4.69, 9.17) is 4.52 Å². The van der Waals surface area contributed by atoms with E-state index in [9.17, 15) is 4.79 Å². The average Bonchev–Trinajstić information content (AvgIpc) is 2.96. The zero-order valence-electron chi connectivity index (χ0n) is 10.4. The first-order chi connectivity index (χ1) is 8.69. The molecule has 0 aromatic carbocycles. The van der Waals surface area contributed by atoms with Gasteiger partial charge in [-0.15, -0.1) is 5.10 Å². The van der Waals surface area contributed by atoms with Crippen LogP contribution in [0.1, 0.15) is 41.2 Å². The number of carbonyl (C=O) groups excluding carboxylic acids is 1. The molecule has 0 saturated heterocycles. The monoisotopic (exact) mass is 249 g/mol. The first-order valence-electron chi connectivity index (χ1n) is 5.80. The summed E-state index contributed by atoms with van der Waals surface area (Å²) < 4.78 is 4.98. The van der Waals surface area contributed by atoms with Crippen molar-refractivity contribution in [3.05, 3.63) is 29.2 Å².